The number of aromatic amines is 1. The van der Waals surface area contributed by atoms with Gasteiger partial charge < -0.3 is 14.6 Å². The van der Waals surface area contributed by atoms with Crippen LogP contribution in [0.2, 0.25) is 0 Å². The highest BCUT2D eigenvalue weighted by Gasteiger charge is 2.24. The number of ether oxygens (including phenoxy) is 1. The molecule has 2 aromatic heterocycles. The SMILES string of the molecule is COc1cccc(-c2nc3c([nH]2)CN(C(=O)CCn2cnnn2)CC3)c1. The molecule has 0 atom stereocenters. The molecule has 3 aromatic rings. The summed E-state index contributed by atoms with van der Waals surface area (Å²) in [5, 5.41) is 10.9. The molecule has 0 bridgehead atoms. The second kappa shape index (κ2) is 6.95. The average molecular weight is 353 g/mol. The Morgan fingerprint density at radius 1 is 1.38 bits per heavy atom. The summed E-state index contributed by atoms with van der Waals surface area (Å²) in [6.07, 6.45) is 2.63. The number of aryl methyl sites for hydroxylation is 1. The number of methoxy groups -OCH3 is 1. The van der Waals surface area contributed by atoms with Gasteiger partial charge in [0.15, 0.2) is 0 Å². The van der Waals surface area contributed by atoms with E-state index in [1.807, 2.05) is 29.2 Å². The maximum Gasteiger partial charge on any atom is 0.224 e. The molecular weight excluding hydrogens is 334 g/mol. The summed E-state index contributed by atoms with van der Waals surface area (Å²) in [6, 6.07) is 7.77. The van der Waals surface area contributed by atoms with Crippen molar-refractivity contribution in [1.29, 1.82) is 0 Å². The fourth-order valence-corrected chi connectivity index (χ4v) is 3.06. The van der Waals surface area contributed by atoms with Crippen molar-refractivity contribution in [1.82, 2.24) is 35.1 Å². The molecule has 9 heteroatoms. The van der Waals surface area contributed by atoms with Crippen molar-refractivity contribution in [3.63, 3.8) is 0 Å². The molecule has 134 valence electrons. The minimum atomic E-state index is 0.0867. The van der Waals surface area contributed by atoms with Crippen LogP contribution in [0.15, 0.2) is 30.6 Å². The molecule has 1 amide bonds. The molecule has 0 saturated carbocycles. The maximum atomic E-state index is 12.5. The summed E-state index contributed by atoms with van der Waals surface area (Å²) in [4.78, 5) is 22.4. The Labute approximate surface area is 150 Å². The summed E-state index contributed by atoms with van der Waals surface area (Å²) in [6.45, 7) is 1.69. The fourth-order valence-electron chi connectivity index (χ4n) is 3.06. The van der Waals surface area contributed by atoms with Crippen molar-refractivity contribution in [2.45, 2.75) is 25.9 Å². The van der Waals surface area contributed by atoms with Crippen LogP contribution in [0.4, 0.5) is 0 Å². The minimum absolute atomic E-state index is 0.0867. The first-order valence-corrected chi connectivity index (χ1v) is 8.43. The van der Waals surface area contributed by atoms with Crippen LogP contribution in [0, 0.1) is 0 Å². The Bertz CT molecular complexity index is 904. The highest BCUT2D eigenvalue weighted by molar-refractivity contribution is 5.76. The van der Waals surface area contributed by atoms with Crippen molar-refractivity contribution in [2.24, 2.45) is 0 Å². The quantitative estimate of drug-likeness (QED) is 0.735. The Kier molecular flexibility index (Phi) is 4.34. The monoisotopic (exact) mass is 353 g/mol. The van der Waals surface area contributed by atoms with E-state index in [1.165, 1.54) is 6.33 Å². The number of benzene rings is 1. The van der Waals surface area contributed by atoms with E-state index in [2.05, 4.69) is 20.5 Å². The number of fused-ring (bicyclic) bond motifs is 1. The van der Waals surface area contributed by atoms with Gasteiger partial charge in [0.05, 0.1) is 31.6 Å². The molecule has 3 heterocycles. The number of hydrogen-bond donors (Lipinski definition) is 1. The van der Waals surface area contributed by atoms with Gasteiger partial charge in [-0.3, -0.25) is 4.79 Å². The van der Waals surface area contributed by atoms with Crippen molar-refractivity contribution in [2.75, 3.05) is 13.7 Å². The van der Waals surface area contributed by atoms with Gasteiger partial charge >= 0.3 is 0 Å². The number of hydrogen-bond acceptors (Lipinski definition) is 6. The molecule has 1 aliphatic heterocycles. The Morgan fingerprint density at radius 3 is 3.12 bits per heavy atom. The Hall–Kier alpha value is -3.23. The summed E-state index contributed by atoms with van der Waals surface area (Å²) in [5.74, 6) is 1.68. The molecule has 0 aliphatic carbocycles. The lowest BCUT2D eigenvalue weighted by Crippen LogP contribution is -2.36. The topological polar surface area (TPSA) is 102 Å². The van der Waals surface area contributed by atoms with Gasteiger partial charge in [-0.05, 0) is 22.6 Å². The predicted octanol–water partition coefficient (Wildman–Crippen LogP) is 1.05. The lowest BCUT2D eigenvalue weighted by molar-refractivity contribution is -0.132. The van der Waals surface area contributed by atoms with E-state index in [1.54, 1.807) is 11.8 Å². The van der Waals surface area contributed by atoms with Crippen LogP contribution in [-0.4, -0.2) is 54.6 Å². The number of nitrogens with one attached hydrogen (secondary N) is 1. The first kappa shape index (κ1) is 16.2. The first-order valence-electron chi connectivity index (χ1n) is 8.43. The van der Waals surface area contributed by atoms with E-state index in [0.717, 1.165) is 34.9 Å². The van der Waals surface area contributed by atoms with Gasteiger partial charge in [0, 0.05) is 24.9 Å². The molecule has 0 radical (unpaired) electrons. The number of imidazole rings is 1. The van der Waals surface area contributed by atoms with Crippen LogP contribution in [0.25, 0.3) is 11.4 Å². The van der Waals surface area contributed by atoms with Gasteiger partial charge in [-0.1, -0.05) is 12.1 Å². The molecule has 1 N–H and O–H groups in total. The highest BCUT2D eigenvalue weighted by Crippen LogP contribution is 2.25. The van der Waals surface area contributed by atoms with Gasteiger partial charge in [0.25, 0.3) is 0 Å². The third-order valence-corrected chi connectivity index (χ3v) is 4.47. The smallest absolute Gasteiger partial charge is 0.224 e. The third kappa shape index (κ3) is 3.28. The summed E-state index contributed by atoms with van der Waals surface area (Å²) in [7, 11) is 1.64. The van der Waals surface area contributed by atoms with Crippen molar-refractivity contribution < 1.29 is 9.53 Å². The summed E-state index contributed by atoms with van der Waals surface area (Å²) >= 11 is 0. The van der Waals surface area contributed by atoms with Crippen molar-refractivity contribution >= 4 is 5.91 Å². The molecule has 9 nitrogen and oxygen atoms in total. The molecule has 0 spiro atoms. The molecule has 0 unspecified atom stereocenters. The minimum Gasteiger partial charge on any atom is -0.497 e. The van der Waals surface area contributed by atoms with E-state index in [-0.39, 0.29) is 5.91 Å². The number of aromatic nitrogens is 6. The first-order chi connectivity index (χ1) is 12.7. The van der Waals surface area contributed by atoms with Crippen LogP contribution in [-0.2, 0) is 24.3 Å². The molecule has 0 fully saturated rings. The second-order valence-electron chi connectivity index (χ2n) is 6.13. The normalized spacial score (nSPS) is 13.5. The van der Waals surface area contributed by atoms with Crippen LogP contribution in [0.5, 0.6) is 5.75 Å². The molecule has 1 aliphatic rings. The Balaban J connectivity index is 1.45. The number of tetrazole rings is 1. The van der Waals surface area contributed by atoms with E-state index >= 15 is 0 Å². The number of nitrogens with zero attached hydrogens (tertiary/aromatic N) is 6. The standard InChI is InChI=1S/C17H19N7O2/c1-26-13-4-2-3-12(9-13)17-19-14-5-7-23(10-15(14)20-17)16(25)6-8-24-11-18-21-22-24/h2-4,9,11H,5-8,10H2,1H3,(H,19,20). The predicted molar refractivity (Wildman–Crippen MR) is 92.1 cm³/mol. The van der Waals surface area contributed by atoms with Gasteiger partial charge in [-0.2, -0.15) is 0 Å². The second-order valence-corrected chi connectivity index (χ2v) is 6.13. The lowest BCUT2D eigenvalue weighted by Gasteiger charge is -2.26. The average Bonchev–Trinajstić information content (AvgIpc) is 3.35. The fraction of sp³-hybridized carbons (Fsp3) is 0.353. The van der Waals surface area contributed by atoms with Gasteiger partial charge in [-0.25, -0.2) is 9.67 Å². The summed E-state index contributed by atoms with van der Waals surface area (Å²) in [5.41, 5.74) is 2.98. The van der Waals surface area contributed by atoms with E-state index in [9.17, 15) is 4.79 Å². The largest absolute Gasteiger partial charge is 0.497 e. The number of carbonyl (C=O) groups excluding carboxylic acids is 1. The van der Waals surface area contributed by atoms with Crippen LogP contribution in [0.3, 0.4) is 0 Å². The molecular formula is C17H19N7O2. The Morgan fingerprint density at radius 2 is 2.31 bits per heavy atom. The van der Waals surface area contributed by atoms with Gasteiger partial charge in [0.2, 0.25) is 5.91 Å². The number of amides is 1. The molecule has 1 aromatic carbocycles. The van der Waals surface area contributed by atoms with E-state index in [4.69, 9.17) is 9.72 Å². The van der Waals surface area contributed by atoms with Gasteiger partial charge in [0.1, 0.15) is 17.9 Å². The van der Waals surface area contributed by atoms with Crippen LogP contribution < -0.4 is 4.74 Å². The van der Waals surface area contributed by atoms with Crippen molar-refractivity contribution in [3.8, 4) is 17.1 Å². The number of carbonyl (C=O) groups is 1. The number of H-pyrrole nitrogens is 1. The third-order valence-electron chi connectivity index (χ3n) is 4.47. The van der Waals surface area contributed by atoms with Gasteiger partial charge in [-0.15, -0.1) is 5.10 Å². The van der Waals surface area contributed by atoms with Crippen LogP contribution >= 0.6 is 0 Å². The van der Waals surface area contributed by atoms with E-state index < -0.39 is 0 Å². The maximum absolute atomic E-state index is 12.5. The lowest BCUT2D eigenvalue weighted by atomic mass is 10.1. The zero-order valence-corrected chi connectivity index (χ0v) is 14.4. The highest BCUT2D eigenvalue weighted by atomic mass is 16.5. The zero-order chi connectivity index (χ0) is 17.9. The molecule has 4 rings (SSSR count). The van der Waals surface area contributed by atoms with E-state index in [0.29, 0.717) is 26.1 Å². The summed E-state index contributed by atoms with van der Waals surface area (Å²) < 4.78 is 6.83. The zero-order valence-electron chi connectivity index (χ0n) is 14.4. The van der Waals surface area contributed by atoms with Crippen LogP contribution in [0.1, 0.15) is 17.8 Å². The van der Waals surface area contributed by atoms with Crippen molar-refractivity contribution in [3.05, 3.63) is 42.0 Å². The molecule has 0 saturated heterocycles. The molecule has 26 heavy (non-hydrogen) atoms. The number of rotatable bonds is 5.